The van der Waals surface area contributed by atoms with E-state index in [-0.39, 0.29) is 5.82 Å². The van der Waals surface area contributed by atoms with Crippen molar-refractivity contribution in [3.05, 3.63) is 64.4 Å². The molecule has 3 aromatic rings. The van der Waals surface area contributed by atoms with Crippen molar-refractivity contribution in [1.29, 1.82) is 0 Å². The molecule has 1 heterocycles. The van der Waals surface area contributed by atoms with E-state index >= 15 is 0 Å². The van der Waals surface area contributed by atoms with E-state index in [2.05, 4.69) is 10.2 Å². The quantitative estimate of drug-likeness (QED) is 0.570. The molecule has 0 aliphatic carbocycles. The van der Waals surface area contributed by atoms with Crippen LogP contribution in [0.5, 0.6) is 0 Å². The smallest absolute Gasteiger partial charge is 0.210 e. The second-order valence-electron chi connectivity index (χ2n) is 5.07. The number of nitrogens with zero attached hydrogens (tertiary/aromatic N) is 3. The van der Waals surface area contributed by atoms with E-state index < -0.39 is 0 Å². The molecule has 0 atom stereocenters. The van der Waals surface area contributed by atoms with E-state index in [9.17, 15) is 4.39 Å². The first-order valence-electron chi connectivity index (χ1n) is 6.89. The van der Waals surface area contributed by atoms with Gasteiger partial charge in [0.25, 0.3) is 0 Å². The van der Waals surface area contributed by atoms with E-state index in [1.54, 1.807) is 6.07 Å². The van der Waals surface area contributed by atoms with Crippen molar-refractivity contribution in [2.75, 3.05) is 5.84 Å². The van der Waals surface area contributed by atoms with E-state index in [1.807, 2.05) is 31.2 Å². The summed E-state index contributed by atoms with van der Waals surface area (Å²) in [6.07, 6.45) is 0. The number of halogens is 2. The molecule has 0 spiro atoms. The molecular formula is C16H14ClFN4S. The van der Waals surface area contributed by atoms with Gasteiger partial charge in [0.2, 0.25) is 5.16 Å². The first-order valence-corrected chi connectivity index (χ1v) is 8.25. The van der Waals surface area contributed by atoms with Crippen LogP contribution in [0.25, 0.3) is 11.4 Å². The van der Waals surface area contributed by atoms with Crippen LogP contribution in [0.4, 0.5) is 4.39 Å². The molecule has 0 bridgehead atoms. The van der Waals surface area contributed by atoms with Gasteiger partial charge in [-0.3, -0.25) is 0 Å². The molecule has 0 saturated carbocycles. The zero-order valence-electron chi connectivity index (χ0n) is 12.3. The number of benzene rings is 2. The molecule has 0 aliphatic rings. The van der Waals surface area contributed by atoms with Crippen molar-refractivity contribution in [2.24, 2.45) is 0 Å². The summed E-state index contributed by atoms with van der Waals surface area (Å²) in [5.41, 5.74) is 2.88. The van der Waals surface area contributed by atoms with Gasteiger partial charge in [-0.25, -0.2) is 9.07 Å². The highest BCUT2D eigenvalue weighted by molar-refractivity contribution is 7.98. The highest BCUT2D eigenvalue weighted by atomic mass is 35.5. The predicted octanol–water partition coefficient (Wildman–Crippen LogP) is 4.05. The van der Waals surface area contributed by atoms with Crippen LogP contribution in [-0.2, 0) is 5.75 Å². The molecule has 118 valence electrons. The van der Waals surface area contributed by atoms with Gasteiger partial charge >= 0.3 is 0 Å². The SMILES string of the molecule is Cc1ccc(-c2nnc(SCc3ccc(F)cc3Cl)n2N)cc1. The maximum absolute atomic E-state index is 13.1. The standard InChI is InChI=1S/C16H14ClFN4S/c1-10-2-4-11(5-3-10)15-20-21-16(22(15)19)23-9-12-6-7-13(18)8-14(12)17/h2-8H,9,19H2,1H3. The third kappa shape index (κ3) is 3.48. The van der Waals surface area contributed by atoms with Crippen LogP contribution < -0.4 is 5.84 Å². The molecule has 2 N–H and O–H groups in total. The minimum atomic E-state index is -0.354. The number of nitrogens with two attached hydrogens (primary N) is 1. The number of hydrogen-bond donors (Lipinski definition) is 1. The number of aryl methyl sites for hydroxylation is 1. The molecule has 7 heteroatoms. The van der Waals surface area contributed by atoms with Crippen LogP contribution in [-0.4, -0.2) is 14.9 Å². The lowest BCUT2D eigenvalue weighted by molar-refractivity contribution is 0.627. The first kappa shape index (κ1) is 15.8. The molecule has 1 aromatic heterocycles. The summed E-state index contributed by atoms with van der Waals surface area (Å²) < 4.78 is 14.5. The average Bonchev–Trinajstić information content (AvgIpc) is 2.88. The van der Waals surface area contributed by atoms with Crippen molar-refractivity contribution < 1.29 is 4.39 Å². The van der Waals surface area contributed by atoms with Crippen molar-refractivity contribution in [1.82, 2.24) is 14.9 Å². The number of nitrogen functional groups attached to an aromatic ring is 1. The van der Waals surface area contributed by atoms with Crippen molar-refractivity contribution >= 4 is 23.4 Å². The van der Waals surface area contributed by atoms with Gasteiger partial charge in [-0.2, -0.15) is 0 Å². The predicted molar refractivity (Wildman–Crippen MR) is 91.3 cm³/mol. The molecule has 0 saturated heterocycles. The molecule has 0 amide bonds. The van der Waals surface area contributed by atoms with E-state index in [0.717, 1.165) is 16.7 Å². The van der Waals surface area contributed by atoms with Crippen molar-refractivity contribution in [3.63, 3.8) is 0 Å². The van der Waals surface area contributed by atoms with E-state index in [1.165, 1.54) is 28.6 Å². The Morgan fingerprint density at radius 1 is 1.17 bits per heavy atom. The Balaban J connectivity index is 1.78. The zero-order chi connectivity index (χ0) is 16.4. The number of aromatic nitrogens is 3. The highest BCUT2D eigenvalue weighted by Gasteiger charge is 2.13. The second-order valence-corrected chi connectivity index (χ2v) is 6.42. The maximum Gasteiger partial charge on any atom is 0.210 e. The van der Waals surface area contributed by atoms with E-state index in [0.29, 0.717) is 21.8 Å². The van der Waals surface area contributed by atoms with Crippen molar-refractivity contribution in [2.45, 2.75) is 17.8 Å². The third-order valence-corrected chi connectivity index (χ3v) is 4.69. The number of thioether (sulfide) groups is 1. The van der Waals surface area contributed by atoms with Gasteiger partial charge in [-0.15, -0.1) is 10.2 Å². The third-order valence-electron chi connectivity index (χ3n) is 3.35. The lowest BCUT2D eigenvalue weighted by Gasteiger charge is -2.05. The second kappa shape index (κ2) is 6.60. The molecule has 23 heavy (non-hydrogen) atoms. The fraction of sp³-hybridized carbons (Fsp3) is 0.125. The lowest BCUT2D eigenvalue weighted by atomic mass is 10.1. The van der Waals surface area contributed by atoms with Crippen LogP contribution in [0.3, 0.4) is 0 Å². The zero-order valence-corrected chi connectivity index (χ0v) is 13.9. The fourth-order valence-corrected chi connectivity index (χ4v) is 3.23. The fourth-order valence-electron chi connectivity index (χ4n) is 2.06. The highest BCUT2D eigenvalue weighted by Crippen LogP contribution is 2.27. The van der Waals surface area contributed by atoms with Crippen LogP contribution >= 0.6 is 23.4 Å². The van der Waals surface area contributed by atoms with Crippen LogP contribution in [0.2, 0.25) is 5.02 Å². The molecule has 4 nitrogen and oxygen atoms in total. The minimum Gasteiger partial charge on any atom is -0.335 e. The number of hydrogen-bond acceptors (Lipinski definition) is 4. The summed E-state index contributed by atoms with van der Waals surface area (Å²) in [7, 11) is 0. The first-order chi connectivity index (χ1) is 11.0. The Morgan fingerprint density at radius 2 is 1.91 bits per heavy atom. The van der Waals surface area contributed by atoms with E-state index in [4.69, 9.17) is 17.4 Å². The molecular weight excluding hydrogens is 335 g/mol. The largest absolute Gasteiger partial charge is 0.335 e. The maximum atomic E-state index is 13.1. The normalized spacial score (nSPS) is 10.9. The summed E-state index contributed by atoms with van der Waals surface area (Å²) in [6.45, 7) is 2.02. The van der Waals surface area contributed by atoms with Gasteiger partial charge in [-0.1, -0.05) is 59.3 Å². The monoisotopic (exact) mass is 348 g/mol. The summed E-state index contributed by atoms with van der Waals surface area (Å²) in [5.74, 6) is 6.85. The Morgan fingerprint density at radius 3 is 2.61 bits per heavy atom. The molecule has 2 aromatic carbocycles. The average molecular weight is 349 g/mol. The minimum absolute atomic E-state index is 0.354. The van der Waals surface area contributed by atoms with Gasteiger partial charge in [0.05, 0.1) is 0 Å². The molecule has 0 unspecified atom stereocenters. The van der Waals surface area contributed by atoms with Gasteiger partial charge in [0, 0.05) is 16.3 Å². The Kier molecular flexibility index (Phi) is 4.54. The van der Waals surface area contributed by atoms with Crippen molar-refractivity contribution in [3.8, 4) is 11.4 Å². The Labute approximate surface area is 142 Å². The van der Waals surface area contributed by atoms with Gasteiger partial charge < -0.3 is 5.84 Å². The van der Waals surface area contributed by atoms with Crippen LogP contribution in [0.15, 0.2) is 47.6 Å². The summed E-state index contributed by atoms with van der Waals surface area (Å²) in [4.78, 5) is 0. The van der Waals surface area contributed by atoms with Crippen LogP contribution in [0.1, 0.15) is 11.1 Å². The summed E-state index contributed by atoms with van der Waals surface area (Å²) >= 11 is 7.42. The Bertz CT molecular complexity index is 833. The molecule has 3 rings (SSSR count). The topological polar surface area (TPSA) is 56.7 Å². The number of rotatable bonds is 4. The molecule has 0 aliphatic heterocycles. The summed E-state index contributed by atoms with van der Waals surface area (Å²) in [5, 5.41) is 9.21. The molecule has 0 radical (unpaired) electrons. The van der Waals surface area contributed by atoms with Gasteiger partial charge in [0.15, 0.2) is 5.82 Å². The lowest BCUT2D eigenvalue weighted by Crippen LogP contribution is -2.11. The Hall–Kier alpha value is -2.05. The van der Waals surface area contributed by atoms with Gasteiger partial charge in [-0.05, 0) is 24.6 Å². The summed E-state index contributed by atoms with van der Waals surface area (Å²) in [6, 6.07) is 12.2. The van der Waals surface area contributed by atoms with Gasteiger partial charge in [0.1, 0.15) is 5.82 Å². The van der Waals surface area contributed by atoms with Crippen LogP contribution in [0, 0.1) is 12.7 Å². The molecule has 0 fully saturated rings.